The molecule has 82 valence electrons. The van der Waals surface area contributed by atoms with E-state index in [0.29, 0.717) is 13.0 Å². The third-order valence-electron chi connectivity index (χ3n) is 1.97. The summed E-state index contributed by atoms with van der Waals surface area (Å²) < 4.78 is 24.4. The van der Waals surface area contributed by atoms with Crippen LogP contribution < -0.4 is 0 Å². The molecule has 0 radical (unpaired) electrons. The van der Waals surface area contributed by atoms with Crippen LogP contribution in [0.5, 0.6) is 0 Å². The van der Waals surface area contributed by atoms with Gasteiger partial charge in [-0.3, -0.25) is 0 Å². The number of aromatic nitrogens is 2. The van der Waals surface area contributed by atoms with E-state index in [1.807, 2.05) is 13.0 Å². The number of imidazole rings is 1. The first-order valence-electron chi connectivity index (χ1n) is 4.70. The second-order valence-corrected chi connectivity index (χ2v) is 5.51. The first-order valence-corrected chi connectivity index (χ1v) is 6.53. The molecular weight excluding hydrogens is 214 g/mol. The van der Waals surface area contributed by atoms with Gasteiger partial charge in [0.05, 0.1) is 5.75 Å². The quantitative estimate of drug-likeness (QED) is 0.737. The molecule has 1 heterocycles. The first-order chi connectivity index (χ1) is 7.09. The van der Waals surface area contributed by atoms with Crippen LogP contribution in [0.2, 0.25) is 0 Å². The Morgan fingerprint density at radius 1 is 1.53 bits per heavy atom. The predicted octanol–water partition coefficient (Wildman–Crippen LogP) is 0.580. The molecule has 0 unspecified atom stereocenters. The largest absolute Gasteiger partial charge is 0.322 e. The zero-order valence-corrected chi connectivity index (χ0v) is 9.37. The highest BCUT2D eigenvalue weighted by atomic mass is 32.2. The van der Waals surface area contributed by atoms with Gasteiger partial charge in [0.15, 0.2) is 9.84 Å². The molecule has 1 aromatic heterocycles. The van der Waals surface area contributed by atoms with Crippen molar-refractivity contribution in [3.05, 3.63) is 18.2 Å². The maximum absolute atomic E-state index is 11.4. The van der Waals surface area contributed by atoms with E-state index in [0.717, 1.165) is 0 Å². The number of hydrogen-bond donors (Lipinski definition) is 0. The Morgan fingerprint density at radius 3 is 2.87 bits per heavy atom. The highest BCUT2D eigenvalue weighted by Crippen LogP contribution is 1.99. The lowest BCUT2D eigenvalue weighted by molar-refractivity contribution is 0.587. The van der Waals surface area contributed by atoms with Gasteiger partial charge >= 0.3 is 0 Å². The predicted molar refractivity (Wildman–Crippen MR) is 55.9 cm³/mol. The molecule has 0 aliphatic carbocycles. The minimum absolute atomic E-state index is 0.0614. The van der Waals surface area contributed by atoms with Gasteiger partial charge in [0.1, 0.15) is 6.07 Å². The molecule has 0 fully saturated rings. The van der Waals surface area contributed by atoms with Crippen LogP contribution in [-0.4, -0.2) is 29.5 Å². The first kappa shape index (κ1) is 11.7. The zero-order chi connectivity index (χ0) is 11.3. The molecule has 0 amide bonds. The van der Waals surface area contributed by atoms with Crippen LogP contribution in [0, 0.1) is 11.3 Å². The molecular formula is C9H13N3O2S. The van der Waals surface area contributed by atoms with E-state index in [-0.39, 0.29) is 17.3 Å². The fourth-order valence-electron chi connectivity index (χ4n) is 1.25. The number of nitrogens with zero attached hydrogens (tertiary/aromatic N) is 3. The lowest BCUT2D eigenvalue weighted by atomic mass is 10.6. The van der Waals surface area contributed by atoms with Gasteiger partial charge in [-0.1, -0.05) is 6.92 Å². The maximum Gasteiger partial charge on any atom is 0.212 e. The van der Waals surface area contributed by atoms with E-state index < -0.39 is 9.84 Å². The van der Waals surface area contributed by atoms with Gasteiger partial charge in [0, 0.05) is 24.7 Å². The molecule has 1 aromatic rings. The summed E-state index contributed by atoms with van der Waals surface area (Å²) in [6, 6.07) is 1.90. The Morgan fingerprint density at radius 2 is 2.27 bits per heavy atom. The Balaban J connectivity index is 2.62. The number of hydrogen-bond acceptors (Lipinski definition) is 4. The molecule has 6 heteroatoms. The van der Waals surface area contributed by atoms with Gasteiger partial charge in [-0.15, -0.1) is 0 Å². The molecule has 0 saturated carbocycles. The minimum atomic E-state index is -2.99. The molecule has 0 atom stereocenters. The van der Waals surface area contributed by atoms with Gasteiger partial charge in [-0.25, -0.2) is 13.4 Å². The van der Waals surface area contributed by atoms with E-state index in [2.05, 4.69) is 4.98 Å². The van der Waals surface area contributed by atoms with E-state index in [1.54, 1.807) is 10.8 Å². The second-order valence-electron chi connectivity index (χ2n) is 3.21. The van der Waals surface area contributed by atoms with Gasteiger partial charge in [0.2, 0.25) is 5.82 Å². The zero-order valence-electron chi connectivity index (χ0n) is 8.55. The van der Waals surface area contributed by atoms with Crippen LogP contribution in [0.25, 0.3) is 0 Å². The molecule has 0 saturated heterocycles. The van der Waals surface area contributed by atoms with Crippen LogP contribution >= 0.6 is 0 Å². The number of nitriles is 1. The summed E-state index contributed by atoms with van der Waals surface area (Å²) in [5.41, 5.74) is 0. The summed E-state index contributed by atoms with van der Waals surface area (Å²) >= 11 is 0. The van der Waals surface area contributed by atoms with Crippen molar-refractivity contribution < 1.29 is 8.42 Å². The molecule has 0 aromatic carbocycles. The molecule has 15 heavy (non-hydrogen) atoms. The normalized spacial score (nSPS) is 11.2. The third kappa shape index (κ3) is 3.36. The van der Waals surface area contributed by atoms with E-state index in [1.165, 1.54) is 6.20 Å². The molecule has 0 bridgehead atoms. The smallest absolute Gasteiger partial charge is 0.212 e. The van der Waals surface area contributed by atoms with E-state index >= 15 is 0 Å². The average molecular weight is 227 g/mol. The van der Waals surface area contributed by atoms with Crippen LogP contribution in [0.15, 0.2) is 12.4 Å². The fourth-order valence-corrected chi connectivity index (χ4v) is 2.55. The van der Waals surface area contributed by atoms with Gasteiger partial charge in [0.25, 0.3) is 0 Å². The summed E-state index contributed by atoms with van der Waals surface area (Å²) in [4.78, 5) is 3.79. The Kier molecular flexibility index (Phi) is 3.86. The molecule has 0 aliphatic rings. The van der Waals surface area contributed by atoms with Crippen molar-refractivity contribution >= 4 is 9.84 Å². The lowest BCUT2D eigenvalue weighted by Gasteiger charge is -2.04. The summed E-state index contributed by atoms with van der Waals surface area (Å²) in [7, 11) is -2.99. The monoisotopic (exact) mass is 227 g/mol. The molecule has 0 spiro atoms. The van der Waals surface area contributed by atoms with E-state index in [9.17, 15) is 8.42 Å². The molecule has 0 N–H and O–H groups in total. The van der Waals surface area contributed by atoms with Crippen LogP contribution in [0.1, 0.15) is 19.2 Å². The van der Waals surface area contributed by atoms with Crippen molar-refractivity contribution in [3.8, 4) is 6.07 Å². The van der Waals surface area contributed by atoms with Crippen molar-refractivity contribution in [1.82, 2.24) is 9.55 Å². The van der Waals surface area contributed by atoms with Crippen LogP contribution in [0.3, 0.4) is 0 Å². The average Bonchev–Trinajstić information content (AvgIpc) is 2.62. The number of aryl methyl sites for hydroxylation is 1. The van der Waals surface area contributed by atoms with Gasteiger partial charge in [-0.2, -0.15) is 5.26 Å². The molecule has 1 rings (SSSR count). The topological polar surface area (TPSA) is 75.8 Å². The summed E-state index contributed by atoms with van der Waals surface area (Å²) in [5, 5.41) is 8.66. The summed E-state index contributed by atoms with van der Waals surface area (Å²) in [5.74, 6) is 0.511. The van der Waals surface area contributed by atoms with Crippen molar-refractivity contribution in [2.75, 3.05) is 11.5 Å². The van der Waals surface area contributed by atoms with Crippen LogP contribution in [0.4, 0.5) is 0 Å². The second kappa shape index (κ2) is 4.94. The fraction of sp³-hybridized carbons (Fsp3) is 0.556. The highest BCUT2D eigenvalue weighted by Gasteiger charge is 2.10. The van der Waals surface area contributed by atoms with Gasteiger partial charge in [-0.05, 0) is 6.42 Å². The van der Waals surface area contributed by atoms with Gasteiger partial charge < -0.3 is 4.57 Å². The lowest BCUT2D eigenvalue weighted by Crippen LogP contribution is -2.16. The summed E-state index contributed by atoms with van der Waals surface area (Å²) in [6.45, 7) is 2.13. The Labute approximate surface area is 89.3 Å². The Bertz CT molecular complexity index is 456. The Hall–Kier alpha value is -1.35. The summed E-state index contributed by atoms with van der Waals surface area (Å²) in [6.07, 6.45) is 3.72. The van der Waals surface area contributed by atoms with Crippen molar-refractivity contribution in [1.29, 1.82) is 5.26 Å². The van der Waals surface area contributed by atoms with Crippen molar-refractivity contribution in [2.45, 2.75) is 19.9 Å². The SMILES string of the molecule is CCCS(=O)(=O)CCn1ccnc1C#N. The minimum Gasteiger partial charge on any atom is -0.322 e. The molecule has 0 aliphatic heterocycles. The maximum atomic E-state index is 11.4. The van der Waals surface area contributed by atoms with Crippen molar-refractivity contribution in [3.63, 3.8) is 0 Å². The van der Waals surface area contributed by atoms with E-state index in [4.69, 9.17) is 5.26 Å². The number of rotatable bonds is 5. The highest BCUT2D eigenvalue weighted by molar-refractivity contribution is 7.91. The van der Waals surface area contributed by atoms with Crippen LogP contribution in [-0.2, 0) is 16.4 Å². The standard InChI is InChI=1S/C9H13N3O2S/c1-2-6-15(13,14)7-5-12-4-3-11-9(12)8-10/h3-4H,2,5-7H2,1H3. The number of sulfone groups is 1. The molecule has 5 nitrogen and oxygen atoms in total. The third-order valence-corrected chi connectivity index (χ3v) is 3.81. The van der Waals surface area contributed by atoms with Crippen molar-refractivity contribution in [2.24, 2.45) is 0 Å².